The van der Waals surface area contributed by atoms with Gasteiger partial charge >= 0.3 is 0 Å². The lowest BCUT2D eigenvalue weighted by Gasteiger charge is -2.26. The lowest BCUT2D eigenvalue weighted by molar-refractivity contribution is 0.0211. The summed E-state index contributed by atoms with van der Waals surface area (Å²) in [5.74, 6) is 0. The largest absolute Gasteiger partial charge is 0.432 e. The van der Waals surface area contributed by atoms with Crippen LogP contribution in [0.1, 0.15) is 25.0 Å². The van der Waals surface area contributed by atoms with Crippen LogP contribution in [-0.2, 0) is 11.3 Å². The number of hydrogen-bond acceptors (Lipinski definition) is 5. The van der Waals surface area contributed by atoms with Gasteiger partial charge in [0, 0.05) is 26.7 Å². The molecule has 0 spiro atoms. The molecule has 0 amide bonds. The summed E-state index contributed by atoms with van der Waals surface area (Å²) >= 11 is 0. The van der Waals surface area contributed by atoms with Crippen LogP contribution < -0.4 is 10.6 Å². The molecule has 90 valence electrons. The predicted octanol–water partition coefficient (Wildman–Crippen LogP) is 1.14. The molecular formula is C11H19N3O2. The van der Waals surface area contributed by atoms with Gasteiger partial charge in [-0.1, -0.05) is 0 Å². The van der Waals surface area contributed by atoms with Crippen LogP contribution in [0.25, 0.3) is 0 Å². The highest BCUT2D eigenvalue weighted by atomic mass is 16.5. The van der Waals surface area contributed by atoms with Gasteiger partial charge in [-0.2, -0.15) is 4.98 Å². The molecule has 0 saturated carbocycles. The minimum Gasteiger partial charge on any atom is -0.432 e. The molecule has 2 rings (SSSR count). The van der Waals surface area contributed by atoms with Crippen molar-refractivity contribution in [2.75, 3.05) is 25.1 Å². The molecule has 1 fully saturated rings. The predicted molar refractivity (Wildman–Crippen MR) is 61.3 cm³/mol. The van der Waals surface area contributed by atoms with Crippen molar-refractivity contribution in [2.45, 2.75) is 31.9 Å². The maximum Gasteiger partial charge on any atom is 0.297 e. The van der Waals surface area contributed by atoms with Crippen LogP contribution in [0.2, 0.25) is 0 Å². The summed E-state index contributed by atoms with van der Waals surface area (Å²) in [6.07, 6.45) is 5.45. The number of hydrogen-bond donors (Lipinski definition) is 1. The molecule has 0 aromatic carbocycles. The quantitative estimate of drug-likeness (QED) is 0.832. The van der Waals surface area contributed by atoms with Crippen LogP contribution in [0.5, 0.6) is 0 Å². The fraction of sp³-hybridized carbons (Fsp3) is 0.727. The van der Waals surface area contributed by atoms with Gasteiger partial charge in [-0.3, -0.25) is 0 Å². The third-order valence-corrected chi connectivity index (χ3v) is 2.83. The van der Waals surface area contributed by atoms with Gasteiger partial charge in [0.2, 0.25) is 0 Å². The Balaban J connectivity index is 1.88. The lowest BCUT2D eigenvalue weighted by Crippen LogP contribution is -2.33. The second kappa shape index (κ2) is 5.32. The monoisotopic (exact) mass is 225 g/mol. The number of anilines is 1. The van der Waals surface area contributed by atoms with Crippen LogP contribution in [0, 0.1) is 0 Å². The molecule has 0 radical (unpaired) electrons. The van der Waals surface area contributed by atoms with Crippen molar-refractivity contribution in [1.29, 1.82) is 0 Å². The molecule has 2 N–H and O–H groups in total. The standard InChI is InChI=1S/C11H19N3O2/c1-14(7-10-4-2-3-5-15-10)11-13-9(6-12)8-16-11/h8,10H,2-7,12H2,1H3. The third kappa shape index (κ3) is 2.74. The van der Waals surface area contributed by atoms with Gasteiger partial charge in [-0.25, -0.2) is 0 Å². The fourth-order valence-electron chi connectivity index (χ4n) is 1.90. The number of aromatic nitrogens is 1. The van der Waals surface area contributed by atoms with Crippen LogP contribution in [0.15, 0.2) is 10.7 Å². The topological polar surface area (TPSA) is 64.5 Å². The van der Waals surface area contributed by atoms with E-state index in [0.717, 1.165) is 25.3 Å². The summed E-state index contributed by atoms with van der Waals surface area (Å²) in [6, 6.07) is 0.620. The number of likely N-dealkylation sites (N-methyl/N-ethyl adjacent to an activating group) is 1. The van der Waals surface area contributed by atoms with Crippen molar-refractivity contribution in [3.05, 3.63) is 12.0 Å². The summed E-state index contributed by atoms with van der Waals surface area (Å²) in [7, 11) is 1.96. The molecule has 1 aliphatic heterocycles. The number of nitrogens with zero attached hydrogens (tertiary/aromatic N) is 2. The fourth-order valence-corrected chi connectivity index (χ4v) is 1.90. The molecule has 1 atom stereocenters. The van der Waals surface area contributed by atoms with Crippen molar-refractivity contribution in [3.8, 4) is 0 Å². The first kappa shape index (κ1) is 11.4. The van der Waals surface area contributed by atoms with Crippen molar-refractivity contribution < 1.29 is 9.15 Å². The molecule has 2 heterocycles. The van der Waals surface area contributed by atoms with E-state index in [-0.39, 0.29) is 0 Å². The van der Waals surface area contributed by atoms with Gasteiger partial charge in [-0.05, 0) is 19.3 Å². The Labute approximate surface area is 95.6 Å². The summed E-state index contributed by atoms with van der Waals surface area (Å²) in [5.41, 5.74) is 6.27. The summed E-state index contributed by atoms with van der Waals surface area (Å²) in [6.45, 7) is 2.11. The van der Waals surface area contributed by atoms with Gasteiger partial charge in [0.05, 0.1) is 11.8 Å². The molecule has 1 aromatic heterocycles. The summed E-state index contributed by atoms with van der Waals surface area (Å²) in [5, 5.41) is 0. The molecule has 16 heavy (non-hydrogen) atoms. The van der Waals surface area contributed by atoms with E-state index >= 15 is 0 Å². The van der Waals surface area contributed by atoms with E-state index in [2.05, 4.69) is 4.98 Å². The van der Waals surface area contributed by atoms with Crippen molar-refractivity contribution in [2.24, 2.45) is 5.73 Å². The van der Waals surface area contributed by atoms with E-state index in [4.69, 9.17) is 14.9 Å². The van der Waals surface area contributed by atoms with Gasteiger partial charge in [0.15, 0.2) is 0 Å². The van der Waals surface area contributed by atoms with Crippen LogP contribution in [-0.4, -0.2) is 31.3 Å². The molecule has 0 bridgehead atoms. The van der Waals surface area contributed by atoms with Gasteiger partial charge < -0.3 is 19.8 Å². The highest BCUT2D eigenvalue weighted by molar-refractivity contribution is 5.25. The number of rotatable bonds is 4. The maximum atomic E-state index is 5.67. The zero-order valence-corrected chi connectivity index (χ0v) is 9.69. The van der Waals surface area contributed by atoms with Gasteiger partial charge in [0.1, 0.15) is 6.26 Å². The molecule has 5 heteroatoms. The lowest BCUT2D eigenvalue weighted by atomic mass is 10.1. The van der Waals surface area contributed by atoms with Crippen LogP contribution in [0.4, 0.5) is 6.01 Å². The van der Waals surface area contributed by atoms with Crippen molar-refractivity contribution in [3.63, 3.8) is 0 Å². The molecular weight excluding hydrogens is 206 g/mol. The first-order valence-electron chi connectivity index (χ1n) is 5.77. The second-order valence-corrected chi connectivity index (χ2v) is 4.19. The van der Waals surface area contributed by atoms with Crippen LogP contribution >= 0.6 is 0 Å². The van der Waals surface area contributed by atoms with E-state index in [1.807, 2.05) is 11.9 Å². The van der Waals surface area contributed by atoms with E-state index in [0.29, 0.717) is 18.7 Å². The number of nitrogens with two attached hydrogens (primary N) is 1. The molecule has 1 unspecified atom stereocenters. The molecule has 1 aromatic rings. The minimum atomic E-state index is 0.298. The van der Waals surface area contributed by atoms with Gasteiger partial charge in [-0.15, -0.1) is 0 Å². The van der Waals surface area contributed by atoms with E-state index in [9.17, 15) is 0 Å². The van der Waals surface area contributed by atoms with E-state index in [1.54, 1.807) is 6.26 Å². The molecule has 0 aliphatic carbocycles. The van der Waals surface area contributed by atoms with E-state index in [1.165, 1.54) is 12.8 Å². The Morgan fingerprint density at radius 2 is 2.44 bits per heavy atom. The number of ether oxygens (including phenoxy) is 1. The Morgan fingerprint density at radius 1 is 1.56 bits per heavy atom. The highest BCUT2D eigenvalue weighted by Crippen LogP contribution is 2.17. The normalized spacial score (nSPS) is 21.0. The Hall–Kier alpha value is -1.07. The van der Waals surface area contributed by atoms with Gasteiger partial charge in [0.25, 0.3) is 6.01 Å². The maximum absolute atomic E-state index is 5.67. The third-order valence-electron chi connectivity index (χ3n) is 2.83. The zero-order chi connectivity index (χ0) is 11.4. The first-order chi connectivity index (χ1) is 7.79. The summed E-state index contributed by atoms with van der Waals surface area (Å²) in [4.78, 5) is 6.25. The Bertz CT molecular complexity index is 321. The Morgan fingerprint density at radius 3 is 3.06 bits per heavy atom. The summed E-state index contributed by atoms with van der Waals surface area (Å²) < 4.78 is 11.0. The average molecular weight is 225 g/mol. The molecule has 1 aliphatic rings. The zero-order valence-electron chi connectivity index (χ0n) is 9.69. The molecule has 5 nitrogen and oxygen atoms in total. The smallest absolute Gasteiger partial charge is 0.297 e. The van der Waals surface area contributed by atoms with Crippen LogP contribution in [0.3, 0.4) is 0 Å². The van der Waals surface area contributed by atoms with Crippen molar-refractivity contribution in [1.82, 2.24) is 4.98 Å². The Kier molecular flexibility index (Phi) is 3.79. The van der Waals surface area contributed by atoms with Crippen molar-refractivity contribution >= 4 is 6.01 Å². The highest BCUT2D eigenvalue weighted by Gasteiger charge is 2.18. The second-order valence-electron chi connectivity index (χ2n) is 4.19. The van der Waals surface area contributed by atoms with E-state index < -0.39 is 0 Å². The average Bonchev–Trinajstić information content (AvgIpc) is 2.79. The SMILES string of the molecule is CN(CC1CCCCO1)c1nc(CN)co1. The minimum absolute atomic E-state index is 0.298. The first-order valence-corrected chi connectivity index (χ1v) is 5.77. The number of oxazole rings is 1. The molecule has 1 saturated heterocycles.